The summed E-state index contributed by atoms with van der Waals surface area (Å²) < 4.78 is 0. The van der Waals surface area contributed by atoms with E-state index >= 15 is 0 Å². The first-order valence-corrected chi connectivity index (χ1v) is 6.06. The largest absolute Gasteiger partial charge is 0.360 e. The second-order valence-corrected chi connectivity index (χ2v) is 5.42. The molecule has 0 aliphatic heterocycles. The highest BCUT2D eigenvalue weighted by Gasteiger charge is 2.07. The van der Waals surface area contributed by atoms with Crippen LogP contribution in [0.25, 0.3) is 22.2 Å². The third-order valence-corrected chi connectivity index (χ3v) is 3.72. The number of thiophene rings is 1. The number of hydrogen-bond donors (Lipinski definition) is 1. The summed E-state index contributed by atoms with van der Waals surface area (Å²) in [5.41, 5.74) is 4.61. The van der Waals surface area contributed by atoms with Crippen molar-refractivity contribution in [3.8, 4) is 11.1 Å². The molecule has 3 aromatic rings. The van der Waals surface area contributed by atoms with E-state index in [1.165, 1.54) is 20.9 Å². The Morgan fingerprint density at radius 3 is 2.88 bits per heavy atom. The van der Waals surface area contributed by atoms with E-state index in [0.29, 0.717) is 0 Å². The Kier molecular flexibility index (Phi) is 2.07. The number of nitrogens with zero attached hydrogens (tertiary/aromatic N) is 1. The van der Waals surface area contributed by atoms with Crippen molar-refractivity contribution in [2.24, 2.45) is 0 Å². The lowest BCUT2D eigenvalue weighted by Crippen LogP contribution is -1.80. The zero-order valence-electron chi connectivity index (χ0n) is 9.24. The number of aromatic nitrogens is 2. The van der Waals surface area contributed by atoms with E-state index in [2.05, 4.69) is 35.9 Å². The summed E-state index contributed by atoms with van der Waals surface area (Å²) in [5.74, 6) is 0. The molecule has 3 aromatic heterocycles. The number of rotatable bonds is 1. The van der Waals surface area contributed by atoms with Gasteiger partial charge >= 0.3 is 0 Å². The third kappa shape index (κ3) is 1.44. The number of pyridine rings is 1. The van der Waals surface area contributed by atoms with Gasteiger partial charge in [0.1, 0.15) is 0 Å². The van der Waals surface area contributed by atoms with Crippen LogP contribution < -0.4 is 0 Å². The monoisotopic (exact) mass is 228 g/mol. The maximum Gasteiger partial charge on any atom is 0.0879 e. The summed E-state index contributed by atoms with van der Waals surface area (Å²) in [5, 5.41) is 0. The van der Waals surface area contributed by atoms with E-state index in [9.17, 15) is 0 Å². The minimum Gasteiger partial charge on any atom is -0.360 e. The Bertz CT molecular complexity index is 649. The maximum atomic E-state index is 4.44. The summed E-state index contributed by atoms with van der Waals surface area (Å²) in [6.07, 6.45) is 3.87. The molecule has 0 saturated heterocycles. The van der Waals surface area contributed by atoms with Gasteiger partial charge in [-0.3, -0.25) is 4.98 Å². The summed E-state index contributed by atoms with van der Waals surface area (Å²) in [4.78, 5) is 10.3. The molecule has 0 bridgehead atoms. The molecular formula is C13H12N2S. The molecule has 16 heavy (non-hydrogen) atoms. The molecule has 1 N–H and O–H groups in total. The first-order chi connectivity index (χ1) is 7.74. The lowest BCUT2D eigenvalue weighted by atomic mass is 10.1. The number of fused-ring (bicyclic) bond motifs is 1. The molecule has 0 unspecified atom stereocenters. The first kappa shape index (κ1) is 9.60. The highest BCUT2D eigenvalue weighted by Crippen LogP contribution is 2.31. The Morgan fingerprint density at radius 1 is 1.25 bits per heavy atom. The van der Waals surface area contributed by atoms with Crippen molar-refractivity contribution < 1.29 is 0 Å². The second-order valence-electron chi connectivity index (χ2n) is 3.96. The minimum atomic E-state index is 1.02. The zero-order chi connectivity index (χ0) is 11.1. The molecule has 3 heterocycles. The van der Waals surface area contributed by atoms with Crippen molar-refractivity contribution in [2.45, 2.75) is 13.8 Å². The third-order valence-electron chi connectivity index (χ3n) is 2.75. The average Bonchev–Trinajstić information content (AvgIpc) is 2.83. The van der Waals surface area contributed by atoms with Crippen LogP contribution in [0.15, 0.2) is 30.6 Å². The van der Waals surface area contributed by atoms with Gasteiger partial charge in [0.2, 0.25) is 0 Å². The van der Waals surface area contributed by atoms with Crippen molar-refractivity contribution in [2.75, 3.05) is 0 Å². The molecule has 0 fully saturated rings. The average molecular weight is 228 g/mol. The lowest BCUT2D eigenvalue weighted by Gasteiger charge is -1.99. The van der Waals surface area contributed by atoms with E-state index in [1.807, 2.05) is 29.8 Å². The van der Waals surface area contributed by atoms with Crippen LogP contribution in [0.3, 0.4) is 0 Å². The zero-order valence-corrected chi connectivity index (χ0v) is 10.1. The van der Waals surface area contributed by atoms with Gasteiger partial charge in [-0.2, -0.15) is 0 Å². The molecular weight excluding hydrogens is 216 g/mol. The summed E-state index contributed by atoms with van der Waals surface area (Å²) in [6, 6.07) is 6.38. The normalized spacial score (nSPS) is 11.1. The van der Waals surface area contributed by atoms with E-state index in [0.717, 1.165) is 11.0 Å². The molecule has 80 valence electrons. The van der Waals surface area contributed by atoms with Gasteiger partial charge in [0.15, 0.2) is 0 Å². The smallest absolute Gasteiger partial charge is 0.0879 e. The fourth-order valence-corrected chi connectivity index (χ4v) is 2.95. The molecule has 3 heteroatoms. The maximum absolute atomic E-state index is 4.44. The van der Waals surface area contributed by atoms with Crippen LogP contribution in [-0.4, -0.2) is 9.97 Å². The van der Waals surface area contributed by atoms with E-state index in [4.69, 9.17) is 0 Å². The molecule has 0 aliphatic rings. The number of nitrogens with one attached hydrogen (secondary N) is 1. The predicted octanol–water partition coefficient (Wildman–Crippen LogP) is 3.91. The fourth-order valence-electron chi connectivity index (χ4n) is 2.00. The van der Waals surface area contributed by atoms with Crippen molar-refractivity contribution in [3.63, 3.8) is 0 Å². The molecule has 0 atom stereocenters. The van der Waals surface area contributed by atoms with Crippen molar-refractivity contribution >= 4 is 22.4 Å². The van der Waals surface area contributed by atoms with Gasteiger partial charge in [0.05, 0.1) is 11.0 Å². The van der Waals surface area contributed by atoms with Gasteiger partial charge in [-0.05, 0) is 37.6 Å². The topological polar surface area (TPSA) is 28.7 Å². The van der Waals surface area contributed by atoms with E-state index < -0.39 is 0 Å². The molecule has 0 aliphatic carbocycles. The van der Waals surface area contributed by atoms with Gasteiger partial charge in [0.25, 0.3) is 0 Å². The molecule has 0 aromatic carbocycles. The first-order valence-electron chi connectivity index (χ1n) is 5.24. The second kappa shape index (κ2) is 3.46. The van der Waals surface area contributed by atoms with Crippen LogP contribution in [0, 0.1) is 13.8 Å². The van der Waals surface area contributed by atoms with Crippen LogP contribution >= 0.6 is 11.3 Å². The molecule has 3 rings (SSSR count). The molecule has 0 saturated carbocycles. The highest BCUT2D eigenvalue weighted by atomic mass is 32.1. The highest BCUT2D eigenvalue weighted by molar-refractivity contribution is 7.12. The Morgan fingerprint density at radius 2 is 2.12 bits per heavy atom. The van der Waals surface area contributed by atoms with Gasteiger partial charge < -0.3 is 4.98 Å². The summed E-state index contributed by atoms with van der Waals surface area (Å²) in [6.45, 7) is 4.30. The van der Waals surface area contributed by atoms with Gasteiger partial charge in [-0.15, -0.1) is 11.3 Å². The Balaban J connectivity index is 2.21. The lowest BCUT2D eigenvalue weighted by molar-refractivity contribution is 1.40. The summed E-state index contributed by atoms with van der Waals surface area (Å²) >= 11 is 1.83. The van der Waals surface area contributed by atoms with Gasteiger partial charge in [-0.1, -0.05) is 0 Å². The van der Waals surface area contributed by atoms with Crippen molar-refractivity contribution in [1.82, 2.24) is 9.97 Å². The quantitative estimate of drug-likeness (QED) is 0.672. The van der Waals surface area contributed by atoms with Crippen LogP contribution in [0.4, 0.5) is 0 Å². The van der Waals surface area contributed by atoms with Crippen LogP contribution in [0.2, 0.25) is 0 Å². The van der Waals surface area contributed by atoms with E-state index in [-0.39, 0.29) is 0 Å². The van der Waals surface area contributed by atoms with Crippen molar-refractivity contribution in [3.05, 3.63) is 40.3 Å². The molecule has 0 spiro atoms. The fraction of sp³-hybridized carbons (Fsp3) is 0.154. The standard InChI is InChI=1S/C13H12N2S/c1-8-5-11(9(2)16-8)10-6-13-12(15-7-10)3-4-14-13/h3-7,14H,1-2H3. The number of H-pyrrole nitrogens is 1. The van der Waals surface area contributed by atoms with Crippen LogP contribution in [0.1, 0.15) is 9.75 Å². The van der Waals surface area contributed by atoms with Crippen LogP contribution in [-0.2, 0) is 0 Å². The number of hydrogen-bond acceptors (Lipinski definition) is 2. The van der Waals surface area contributed by atoms with Gasteiger partial charge in [0, 0.05) is 27.7 Å². The molecule has 0 amide bonds. The number of aryl methyl sites for hydroxylation is 2. The van der Waals surface area contributed by atoms with E-state index in [1.54, 1.807) is 0 Å². The Hall–Kier alpha value is -1.61. The van der Waals surface area contributed by atoms with Gasteiger partial charge in [-0.25, -0.2) is 0 Å². The van der Waals surface area contributed by atoms with Crippen LogP contribution in [0.5, 0.6) is 0 Å². The molecule has 0 radical (unpaired) electrons. The summed E-state index contributed by atoms with van der Waals surface area (Å²) in [7, 11) is 0. The molecule has 2 nitrogen and oxygen atoms in total. The number of aromatic amines is 1. The van der Waals surface area contributed by atoms with Crippen molar-refractivity contribution in [1.29, 1.82) is 0 Å². The Labute approximate surface area is 98.0 Å². The SMILES string of the molecule is Cc1cc(-c2cnc3cc[nH]c3c2)c(C)s1. The minimum absolute atomic E-state index is 1.02. The predicted molar refractivity (Wildman–Crippen MR) is 68.9 cm³/mol.